The van der Waals surface area contributed by atoms with Crippen LogP contribution in [0.2, 0.25) is 0 Å². The molecule has 3 rings (SSSR count). The largest absolute Gasteiger partial charge is 0.378 e. The van der Waals surface area contributed by atoms with Crippen LogP contribution in [0.25, 0.3) is 0 Å². The number of carbonyl (C=O) groups excluding carboxylic acids is 1. The molecule has 2 heterocycles. The number of amides is 1. The summed E-state index contributed by atoms with van der Waals surface area (Å²) in [5.41, 5.74) is 0.763. The number of hydrogen-bond donors (Lipinski definition) is 2. The Labute approximate surface area is 106 Å². The van der Waals surface area contributed by atoms with Crippen LogP contribution in [0, 0.1) is 0 Å². The molecule has 2 aliphatic rings. The second-order valence-electron chi connectivity index (χ2n) is 5.04. The minimum Gasteiger partial charge on any atom is -0.378 e. The smallest absolute Gasteiger partial charge is 0.268 e. The Hall–Kier alpha value is -1.33. The minimum atomic E-state index is 0.00245. The summed E-state index contributed by atoms with van der Waals surface area (Å²) in [4.78, 5) is 12.3. The Morgan fingerprint density at radius 2 is 2.33 bits per heavy atom. The molecule has 1 amide bonds. The summed E-state index contributed by atoms with van der Waals surface area (Å²) in [6.07, 6.45) is 4.42. The molecule has 2 atom stereocenters. The predicted molar refractivity (Wildman–Crippen MR) is 67.6 cm³/mol. The third-order valence-electron chi connectivity index (χ3n) is 3.73. The summed E-state index contributed by atoms with van der Waals surface area (Å²) >= 11 is 0. The maximum atomic E-state index is 12.3. The van der Waals surface area contributed by atoms with Gasteiger partial charge in [0.2, 0.25) is 0 Å². The first-order chi connectivity index (χ1) is 8.79. The molecule has 1 aromatic rings. The van der Waals surface area contributed by atoms with Gasteiger partial charge in [0.05, 0.1) is 12.1 Å². The second-order valence-corrected chi connectivity index (χ2v) is 5.04. The van der Waals surface area contributed by atoms with Gasteiger partial charge in [-0.2, -0.15) is 0 Å². The summed E-state index contributed by atoms with van der Waals surface area (Å²) in [5.74, 6) is 0.00245. The van der Waals surface area contributed by atoms with E-state index in [0.29, 0.717) is 6.04 Å². The molecule has 18 heavy (non-hydrogen) atoms. The van der Waals surface area contributed by atoms with Gasteiger partial charge in [-0.25, -0.2) is 0 Å². The first-order valence-electron chi connectivity index (χ1n) is 6.51. The van der Waals surface area contributed by atoms with Crippen molar-refractivity contribution in [3.63, 3.8) is 0 Å². The van der Waals surface area contributed by atoms with E-state index < -0.39 is 0 Å². The van der Waals surface area contributed by atoms with Crippen LogP contribution in [0.5, 0.6) is 0 Å². The molecule has 1 aromatic heterocycles. The Morgan fingerprint density at radius 1 is 1.50 bits per heavy atom. The van der Waals surface area contributed by atoms with Crippen LogP contribution >= 0.6 is 0 Å². The van der Waals surface area contributed by atoms with Crippen molar-refractivity contribution in [3.8, 4) is 0 Å². The van der Waals surface area contributed by atoms with Crippen LogP contribution in [0.4, 0.5) is 0 Å². The van der Waals surface area contributed by atoms with Crippen LogP contribution in [0.1, 0.15) is 29.4 Å². The van der Waals surface area contributed by atoms with Crippen LogP contribution in [0.3, 0.4) is 0 Å². The average molecular weight is 249 g/mol. The number of ether oxygens (including phenoxy) is 1. The van der Waals surface area contributed by atoms with E-state index >= 15 is 0 Å². The van der Waals surface area contributed by atoms with E-state index in [-0.39, 0.29) is 18.1 Å². The minimum absolute atomic E-state index is 0.00245. The van der Waals surface area contributed by atoms with E-state index in [1.165, 1.54) is 12.8 Å². The molecular weight excluding hydrogens is 230 g/mol. The SMILES string of the molecule is CO[C@H]1CNCC1NC(=O)c1cccn1C1CC1. The number of hydrogen-bond acceptors (Lipinski definition) is 3. The molecule has 1 aliphatic carbocycles. The summed E-state index contributed by atoms with van der Waals surface area (Å²) < 4.78 is 7.43. The standard InChI is InChI=1S/C13H19N3O2/c1-18-12-8-14-7-10(12)15-13(17)11-3-2-6-16(11)9-4-5-9/h2-3,6,9-10,12,14H,4-5,7-8H2,1H3,(H,15,17)/t10?,12-/m0/s1. The number of carbonyl (C=O) groups is 1. The lowest BCUT2D eigenvalue weighted by Gasteiger charge is -2.19. The lowest BCUT2D eigenvalue weighted by Crippen LogP contribution is -2.44. The number of rotatable bonds is 4. The Morgan fingerprint density at radius 3 is 3.06 bits per heavy atom. The van der Waals surface area contributed by atoms with Crippen LogP contribution in [-0.2, 0) is 4.74 Å². The van der Waals surface area contributed by atoms with Crippen LogP contribution < -0.4 is 10.6 Å². The maximum Gasteiger partial charge on any atom is 0.268 e. The summed E-state index contributed by atoms with van der Waals surface area (Å²) in [6, 6.07) is 4.41. The van der Waals surface area contributed by atoms with Gasteiger partial charge in [-0.1, -0.05) is 0 Å². The quantitative estimate of drug-likeness (QED) is 0.819. The van der Waals surface area contributed by atoms with Gasteiger partial charge in [0.15, 0.2) is 0 Å². The Kier molecular flexibility index (Phi) is 3.09. The molecule has 1 unspecified atom stereocenters. The van der Waals surface area contributed by atoms with Crippen LogP contribution in [0.15, 0.2) is 18.3 Å². The lowest BCUT2D eigenvalue weighted by atomic mass is 10.2. The molecule has 2 fully saturated rings. The second kappa shape index (κ2) is 4.74. The van der Waals surface area contributed by atoms with Crippen molar-refractivity contribution < 1.29 is 9.53 Å². The van der Waals surface area contributed by atoms with Gasteiger partial charge >= 0.3 is 0 Å². The van der Waals surface area contributed by atoms with E-state index in [2.05, 4.69) is 15.2 Å². The molecule has 5 nitrogen and oxygen atoms in total. The molecule has 0 radical (unpaired) electrons. The fourth-order valence-corrected chi connectivity index (χ4v) is 2.55. The van der Waals surface area contributed by atoms with Crippen molar-refractivity contribution in [2.24, 2.45) is 0 Å². The third kappa shape index (κ3) is 2.15. The highest BCUT2D eigenvalue weighted by Gasteiger charge is 2.31. The Balaban J connectivity index is 1.68. The normalized spacial score (nSPS) is 27.4. The molecule has 5 heteroatoms. The van der Waals surface area contributed by atoms with E-state index in [1.54, 1.807) is 7.11 Å². The number of nitrogens with zero attached hydrogens (tertiary/aromatic N) is 1. The van der Waals surface area contributed by atoms with Gasteiger partial charge in [0.25, 0.3) is 5.91 Å². The molecular formula is C13H19N3O2. The molecule has 1 saturated carbocycles. The first kappa shape index (κ1) is 11.7. The molecule has 98 valence electrons. The van der Waals surface area contributed by atoms with Gasteiger partial charge < -0.3 is 19.9 Å². The zero-order valence-electron chi connectivity index (χ0n) is 10.6. The van der Waals surface area contributed by atoms with Gasteiger partial charge in [0, 0.05) is 32.4 Å². The van der Waals surface area contributed by atoms with Gasteiger partial charge in [-0.3, -0.25) is 4.79 Å². The van der Waals surface area contributed by atoms with E-state index in [0.717, 1.165) is 18.8 Å². The zero-order chi connectivity index (χ0) is 12.5. The maximum absolute atomic E-state index is 12.3. The molecule has 1 saturated heterocycles. The predicted octanol–water partition coefficient (Wildman–Crippen LogP) is 0.540. The van der Waals surface area contributed by atoms with Crippen molar-refractivity contribution in [2.75, 3.05) is 20.2 Å². The van der Waals surface area contributed by atoms with Crippen molar-refractivity contribution >= 4 is 5.91 Å². The average Bonchev–Trinajstić information content (AvgIpc) is 2.93. The summed E-state index contributed by atoms with van der Waals surface area (Å²) in [7, 11) is 1.68. The van der Waals surface area contributed by atoms with E-state index in [1.807, 2.05) is 18.3 Å². The van der Waals surface area contributed by atoms with E-state index in [9.17, 15) is 4.79 Å². The van der Waals surface area contributed by atoms with E-state index in [4.69, 9.17) is 4.74 Å². The highest BCUT2D eigenvalue weighted by Crippen LogP contribution is 2.35. The summed E-state index contributed by atoms with van der Waals surface area (Å²) in [5, 5.41) is 6.29. The Bertz CT molecular complexity index is 439. The van der Waals surface area contributed by atoms with Gasteiger partial charge in [-0.15, -0.1) is 0 Å². The fraction of sp³-hybridized carbons (Fsp3) is 0.615. The molecule has 1 aliphatic heterocycles. The highest BCUT2D eigenvalue weighted by atomic mass is 16.5. The van der Waals surface area contributed by atoms with Crippen molar-refractivity contribution in [1.82, 2.24) is 15.2 Å². The van der Waals surface area contributed by atoms with Crippen molar-refractivity contribution in [1.29, 1.82) is 0 Å². The molecule has 0 bridgehead atoms. The topological polar surface area (TPSA) is 55.3 Å². The summed E-state index contributed by atoms with van der Waals surface area (Å²) in [6.45, 7) is 1.57. The third-order valence-corrected chi connectivity index (χ3v) is 3.73. The van der Waals surface area contributed by atoms with Crippen molar-refractivity contribution in [3.05, 3.63) is 24.0 Å². The van der Waals surface area contributed by atoms with Gasteiger partial charge in [-0.05, 0) is 25.0 Å². The molecule has 0 aromatic carbocycles. The highest BCUT2D eigenvalue weighted by molar-refractivity contribution is 5.93. The number of methoxy groups -OCH3 is 1. The van der Waals surface area contributed by atoms with Crippen molar-refractivity contribution in [2.45, 2.75) is 31.0 Å². The monoisotopic (exact) mass is 249 g/mol. The zero-order valence-corrected chi connectivity index (χ0v) is 10.6. The number of nitrogens with one attached hydrogen (secondary N) is 2. The first-order valence-corrected chi connectivity index (χ1v) is 6.51. The fourth-order valence-electron chi connectivity index (χ4n) is 2.55. The van der Waals surface area contributed by atoms with Crippen LogP contribution in [-0.4, -0.2) is 42.8 Å². The molecule has 2 N–H and O–H groups in total. The lowest BCUT2D eigenvalue weighted by molar-refractivity contribution is 0.0773. The van der Waals surface area contributed by atoms with Gasteiger partial charge in [0.1, 0.15) is 5.69 Å². The molecule has 0 spiro atoms. The number of aromatic nitrogens is 1.